The highest BCUT2D eigenvalue weighted by atomic mass is 19.1. The van der Waals surface area contributed by atoms with Crippen LogP contribution in [0.4, 0.5) is 9.18 Å². The summed E-state index contributed by atoms with van der Waals surface area (Å²) in [5.41, 5.74) is 0.329. The third kappa shape index (κ3) is 4.67. The first kappa shape index (κ1) is 21.5. The highest BCUT2D eigenvalue weighted by molar-refractivity contribution is 6.09. The van der Waals surface area contributed by atoms with Gasteiger partial charge >= 0.3 is 6.03 Å². The van der Waals surface area contributed by atoms with Gasteiger partial charge in [0.1, 0.15) is 17.9 Å². The van der Waals surface area contributed by atoms with E-state index in [1.807, 2.05) is 37.3 Å². The van der Waals surface area contributed by atoms with Crippen molar-refractivity contribution in [2.45, 2.75) is 38.1 Å². The SMILES string of the molecule is CCCC[C@@]1(c2ccc(F)cc2)NC(=O)N(CC(=O)NCCc2ccccc2)C1=O. The maximum atomic E-state index is 13.4. The van der Waals surface area contributed by atoms with E-state index in [0.29, 0.717) is 31.4 Å². The predicted molar refractivity (Wildman–Crippen MR) is 111 cm³/mol. The van der Waals surface area contributed by atoms with E-state index >= 15 is 0 Å². The van der Waals surface area contributed by atoms with Gasteiger partial charge in [-0.1, -0.05) is 62.2 Å². The van der Waals surface area contributed by atoms with Gasteiger partial charge in [0.2, 0.25) is 5.91 Å². The van der Waals surface area contributed by atoms with Gasteiger partial charge in [0.05, 0.1) is 0 Å². The summed E-state index contributed by atoms with van der Waals surface area (Å²) in [6, 6.07) is 14.6. The number of urea groups is 1. The number of imide groups is 1. The van der Waals surface area contributed by atoms with Crippen LogP contribution in [-0.2, 0) is 21.5 Å². The smallest absolute Gasteiger partial charge is 0.325 e. The van der Waals surface area contributed by atoms with E-state index in [1.165, 1.54) is 24.3 Å². The van der Waals surface area contributed by atoms with Gasteiger partial charge in [-0.2, -0.15) is 0 Å². The first-order chi connectivity index (χ1) is 14.5. The van der Waals surface area contributed by atoms with Gasteiger partial charge in [-0.15, -0.1) is 0 Å². The molecule has 4 amide bonds. The van der Waals surface area contributed by atoms with Crippen molar-refractivity contribution < 1.29 is 18.8 Å². The molecule has 1 heterocycles. The van der Waals surface area contributed by atoms with Crippen LogP contribution in [0.25, 0.3) is 0 Å². The molecule has 2 aromatic rings. The van der Waals surface area contributed by atoms with E-state index in [4.69, 9.17) is 0 Å². The standard InChI is InChI=1S/C23H26FN3O3/c1-2-3-14-23(18-9-11-19(24)12-10-18)21(29)27(22(30)26-23)16-20(28)25-15-13-17-7-5-4-6-8-17/h4-12H,2-3,13-16H2,1H3,(H,25,28)(H,26,30)/t23-/m0/s1. The van der Waals surface area contributed by atoms with Crippen molar-refractivity contribution in [3.8, 4) is 0 Å². The zero-order valence-electron chi connectivity index (χ0n) is 17.0. The Kier molecular flexibility index (Phi) is 6.82. The fourth-order valence-corrected chi connectivity index (χ4v) is 3.65. The fourth-order valence-electron chi connectivity index (χ4n) is 3.65. The second kappa shape index (κ2) is 9.52. The van der Waals surface area contributed by atoms with Crippen LogP contribution in [0.3, 0.4) is 0 Å². The summed E-state index contributed by atoms with van der Waals surface area (Å²) in [5, 5.41) is 5.51. The highest BCUT2D eigenvalue weighted by Crippen LogP contribution is 2.34. The van der Waals surface area contributed by atoms with E-state index in [0.717, 1.165) is 16.9 Å². The number of hydrogen-bond acceptors (Lipinski definition) is 3. The van der Waals surface area contributed by atoms with Gasteiger partial charge in [-0.3, -0.25) is 14.5 Å². The van der Waals surface area contributed by atoms with Gasteiger partial charge in [0.15, 0.2) is 0 Å². The van der Waals surface area contributed by atoms with Crippen molar-refractivity contribution in [2.24, 2.45) is 0 Å². The van der Waals surface area contributed by atoms with Crippen molar-refractivity contribution in [3.05, 3.63) is 71.5 Å². The van der Waals surface area contributed by atoms with Gasteiger partial charge in [-0.05, 0) is 36.1 Å². The summed E-state index contributed by atoms with van der Waals surface area (Å²) in [6.45, 7) is 2.04. The molecule has 158 valence electrons. The number of unbranched alkanes of at least 4 members (excludes halogenated alkanes) is 1. The zero-order valence-corrected chi connectivity index (χ0v) is 17.0. The molecule has 0 unspecified atom stereocenters. The Morgan fingerprint density at radius 1 is 1.10 bits per heavy atom. The Bertz CT molecular complexity index is 902. The molecule has 3 rings (SSSR count). The average molecular weight is 411 g/mol. The third-order valence-corrected chi connectivity index (χ3v) is 5.30. The number of nitrogens with zero attached hydrogens (tertiary/aromatic N) is 1. The van der Waals surface area contributed by atoms with Crippen molar-refractivity contribution in [1.29, 1.82) is 0 Å². The summed E-state index contributed by atoms with van der Waals surface area (Å²) in [5.74, 6) is -1.30. The summed E-state index contributed by atoms with van der Waals surface area (Å²) < 4.78 is 13.4. The Balaban J connectivity index is 1.68. The van der Waals surface area contributed by atoms with Gasteiger partial charge in [-0.25, -0.2) is 9.18 Å². The number of halogens is 1. The summed E-state index contributed by atoms with van der Waals surface area (Å²) in [4.78, 5) is 39.1. The molecule has 1 saturated heterocycles. The molecular weight excluding hydrogens is 385 g/mol. The van der Waals surface area contributed by atoms with Gasteiger partial charge in [0, 0.05) is 6.54 Å². The van der Waals surface area contributed by atoms with Crippen LogP contribution in [0.1, 0.15) is 37.3 Å². The quantitative estimate of drug-likeness (QED) is 0.623. The van der Waals surface area contributed by atoms with Gasteiger partial charge < -0.3 is 10.6 Å². The molecule has 7 heteroatoms. The molecular formula is C23H26FN3O3. The average Bonchev–Trinajstić information content (AvgIpc) is 2.98. The molecule has 0 saturated carbocycles. The molecule has 30 heavy (non-hydrogen) atoms. The lowest BCUT2D eigenvalue weighted by Crippen LogP contribution is -2.45. The summed E-state index contributed by atoms with van der Waals surface area (Å²) >= 11 is 0. The second-order valence-electron chi connectivity index (χ2n) is 7.42. The summed E-state index contributed by atoms with van der Waals surface area (Å²) in [6.07, 6.45) is 2.56. The zero-order chi connectivity index (χ0) is 21.6. The Morgan fingerprint density at radius 3 is 2.47 bits per heavy atom. The maximum Gasteiger partial charge on any atom is 0.325 e. The minimum absolute atomic E-state index is 0.353. The lowest BCUT2D eigenvalue weighted by molar-refractivity contribution is -0.135. The van der Waals surface area contributed by atoms with E-state index in [1.54, 1.807) is 0 Å². The van der Waals surface area contributed by atoms with Crippen LogP contribution >= 0.6 is 0 Å². The number of amides is 4. The highest BCUT2D eigenvalue weighted by Gasteiger charge is 2.52. The Morgan fingerprint density at radius 2 is 1.80 bits per heavy atom. The first-order valence-corrected chi connectivity index (χ1v) is 10.2. The van der Waals surface area contributed by atoms with Crippen LogP contribution in [0.2, 0.25) is 0 Å². The van der Waals surface area contributed by atoms with Crippen LogP contribution in [0, 0.1) is 5.82 Å². The molecule has 1 atom stereocenters. The molecule has 0 bridgehead atoms. The fraction of sp³-hybridized carbons (Fsp3) is 0.348. The number of rotatable bonds is 9. The minimum Gasteiger partial charge on any atom is -0.354 e. The second-order valence-corrected chi connectivity index (χ2v) is 7.42. The number of benzene rings is 2. The monoisotopic (exact) mass is 411 g/mol. The van der Waals surface area contributed by atoms with E-state index in [2.05, 4.69) is 10.6 Å². The molecule has 0 aromatic heterocycles. The normalized spacial score (nSPS) is 18.4. The van der Waals surface area contributed by atoms with E-state index in [-0.39, 0.29) is 6.54 Å². The topological polar surface area (TPSA) is 78.5 Å². The molecule has 0 spiro atoms. The van der Waals surface area contributed by atoms with Crippen LogP contribution < -0.4 is 10.6 Å². The third-order valence-electron chi connectivity index (χ3n) is 5.30. The van der Waals surface area contributed by atoms with Gasteiger partial charge in [0.25, 0.3) is 5.91 Å². The van der Waals surface area contributed by atoms with Crippen molar-refractivity contribution in [2.75, 3.05) is 13.1 Å². The Hall–Kier alpha value is -3.22. The number of nitrogens with one attached hydrogen (secondary N) is 2. The van der Waals surface area contributed by atoms with Crippen LogP contribution in [-0.4, -0.2) is 35.8 Å². The number of hydrogen-bond donors (Lipinski definition) is 2. The number of carbonyl (C=O) groups excluding carboxylic acids is 3. The van der Waals surface area contributed by atoms with E-state index in [9.17, 15) is 18.8 Å². The number of carbonyl (C=O) groups is 3. The van der Waals surface area contributed by atoms with E-state index < -0.39 is 29.2 Å². The van der Waals surface area contributed by atoms with Crippen molar-refractivity contribution >= 4 is 17.8 Å². The molecule has 1 fully saturated rings. The Labute approximate surface area is 175 Å². The maximum absolute atomic E-state index is 13.4. The molecule has 2 aromatic carbocycles. The molecule has 1 aliphatic rings. The first-order valence-electron chi connectivity index (χ1n) is 10.2. The molecule has 1 aliphatic heterocycles. The van der Waals surface area contributed by atoms with Crippen molar-refractivity contribution in [1.82, 2.24) is 15.5 Å². The summed E-state index contributed by atoms with van der Waals surface area (Å²) in [7, 11) is 0. The largest absolute Gasteiger partial charge is 0.354 e. The molecule has 6 nitrogen and oxygen atoms in total. The molecule has 2 N–H and O–H groups in total. The van der Waals surface area contributed by atoms with Crippen LogP contribution in [0.15, 0.2) is 54.6 Å². The minimum atomic E-state index is -1.27. The van der Waals surface area contributed by atoms with Crippen LogP contribution in [0.5, 0.6) is 0 Å². The van der Waals surface area contributed by atoms with Crippen molar-refractivity contribution in [3.63, 3.8) is 0 Å². The molecule has 0 aliphatic carbocycles. The molecule has 0 radical (unpaired) electrons. The lowest BCUT2D eigenvalue weighted by Gasteiger charge is -2.27. The lowest BCUT2D eigenvalue weighted by atomic mass is 9.85. The predicted octanol–water partition coefficient (Wildman–Crippen LogP) is 3.12.